The van der Waals surface area contributed by atoms with Gasteiger partial charge in [-0.1, -0.05) is 34.1 Å². The van der Waals surface area contributed by atoms with Crippen molar-refractivity contribution >= 4 is 33.6 Å². The van der Waals surface area contributed by atoms with Crippen LogP contribution in [-0.2, 0) is 9.53 Å². The Morgan fingerprint density at radius 1 is 1.00 bits per heavy atom. The number of hydrogen-bond donors (Lipinski definition) is 1. The number of ether oxygens (including phenoxy) is 3. The average Bonchev–Trinajstić information content (AvgIpc) is 2.69. The van der Waals surface area contributed by atoms with Crippen LogP contribution in [0.25, 0.3) is 0 Å². The monoisotopic (exact) mass is 435 g/mol. The first kappa shape index (κ1) is 20.4. The van der Waals surface area contributed by atoms with E-state index in [-0.39, 0.29) is 12.3 Å². The number of amides is 1. The predicted molar refractivity (Wildman–Crippen MR) is 101 cm³/mol. The molecule has 0 saturated carbocycles. The lowest BCUT2D eigenvalue weighted by Crippen LogP contribution is -2.31. The third kappa shape index (κ3) is 5.55. The highest BCUT2D eigenvalue weighted by atomic mass is 79.9. The van der Waals surface area contributed by atoms with Crippen molar-refractivity contribution in [3.63, 3.8) is 0 Å². The molecular weight excluding hydrogens is 418 g/mol. The lowest BCUT2D eigenvalue weighted by molar-refractivity contribution is -0.141. The van der Waals surface area contributed by atoms with Gasteiger partial charge in [-0.2, -0.15) is 0 Å². The number of rotatable bonds is 8. The van der Waals surface area contributed by atoms with Crippen molar-refractivity contribution < 1.29 is 28.6 Å². The first-order valence-corrected chi connectivity index (χ1v) is 8.69. The molecule has 0 fully saturated rings. The Bertz CT molecular complexity index is 852. The van der Waals surface area contributed by atoms with Crippen molar-refractivity contribution in [2.24, 2.45) is 0 Å². The maximum absolute atomic E-state index is 12.1. The van der Waals surface area contributed by atoms with Crippen molar-refractivity contribution in [1.82, 2.24) is 5.32 Å². The number of halogens is 1. The molecule has 0 aliphatic carbocycles. The first-order chi connectivity index (χ1) is 13.0. The number of hydrogen-bond acceptors (Lipinski definition) is 6. The number of Topliss-reactive ketones (excluding diaryl/α,β-unsaturated/α-hetero) is 1. The normalized spacial score (nSPS) is 10.0. The van der Waals surface area contributed by atoms with E-state index in [9.17, 15) is 14.4 Å². The maximum Gasteiger partial charge on any atom is 0.325 e. The van der Waals surface area contributed by atoms with Crippen LogP contribution in [0.15, 0.2) is 46.9 Å². The number of carbonyl (C=O) groups excluding carboxylic acids is 3. The van der Waals surface area contributed by atoms with Gasteiger partial charge in [0.1, 0.15) is 6.54 Å². The minimum absolute atomic E-state index is 0.296. The Balaban J connectivity index is 1.85. The van der Waals surface area contributed by atoms with Gasteiger partial charge in [0.2, 0.25) is 5.78 Å². The topological polar surface area (TPSA) is 90.9 Å². The van der Waals surface area contributed by atoms with Crippen molar-refractivity contribution in [3.8, 4) is 11.5 Å². The van der Waals surface area contributed by atoms with E-state index >= 15 is 0 Å². The third-order valence-electron chi connectivity index (χ3n) is 3.58. The van der Waals surface area contributed by atoms with Crippen LogP contribution in [0.5, 0.6) is 11.5 Å². The van der Waals surface area contributed by atoms with Gasteiger partial charge in [-0.15, -0.1) is 0 Å². The number of nitrogens with one attached hydrogen (secondary N) is 1. The summed E-state index contributed by atoms with van der Waals surface area (Å²) in [5.74, 6) is -0.665. The van der Waals surface area contributed by atoms with Crippen LogP contribution in [0, 0.1) is 0 Å². The SMILES string of the molecule is COc1ccc(C(=O)NCC(=O)OCC(=O)c2ccccc2Br)cc1OC. The second-order valence-electron chi connectivity index (χ2n) is 5.32. The largest absolute Gasteiger partial charge is 0.493 e. The van der Waals surface area contributed by atoms with Crippen LogP contribution in [0.4, 0.5) is 0 Å². The second-order valence-corrected chi connectivity index (χ2v) is 6.17. The van der Waals surface area contributed by atoms with Gasteiger partial charge in [-0.3, -0.25) is 14.4 Å². The summed E-state index contributed by atoms with van der Waals surface area (Å²) in [5, 5.41) is 2.43. The number of methoxy groups -OCH3 is 2. The summed E-state index contributed by atoms with van der Waals surface area (Å²) >= 11 is 3.26. The lowest BCUT2D eigenvalue weighted by Gasteiger charge is -2.10. The van der Waals surface area contributed by atoms with Gasteiger partial charge in [-0.05, 0) is 24.3 Å². The molecule has 2 rings (SSSR count). The van der Waals surface area contributed by atoms with Crippen molar-refractivity contribution in [3.05, 3.63) is 58.1 Å². The summed E-state index contributed by atoms with van der Waals surface area (Å²) in [5.41, 5.74) is 0.712. The molecular formula is C19H18BrNO6. The Labute approximate surface area is 164 Å². The molecule has 2 aromatic carbocycles. The van der Waals surface area contributed by atoms with Crippen LogP contribution < -0.4 is 14.8 Å². The fourth-order valence-electron chi connectivity index (χ4n) is 2.19. The van der Waals surface area contributed by atoms with E-state index < -0.39 is 18.5 Å². The van der Waals surface area contributed by atoms with Crippen LogP contribution in [0.1, 0.15) is 20.7 Å². The Morgan fingerprint density at radius 3 is 2.37 bits per heavy atom. The van der Waals surface area contributed by atoms with Gasteiger partial charge in [0, 0.05) is 15.6 Å². The number of benzene rings is 2. The molecule has 0 atom stereocenters. The molecule has 2 aromatic rings. The maximum atomic E-state index is 12.1. The molecule has 0 spiro atoms. The summed E-state index contributed by atoms with van der Waals surface area (Å²) in [6.45, 7) is -0.774. The minimum Gasteiger partial charge on any atom is -0.493 e. The summed E-state index contributed by atoms with van der Waals surface area (Å²) in [4.78, 5) is 36.0. The molecule has 142 valence electrons. The zero-order chi connectivity index (χ0) is 19.8. The number of esters is 1. The lowest BCUT2D eigenvalue weighted by atomic mass is 10.1. The van der Waals surface area contributed by atoms with Gasteiger partial charge < -0.3 is 19.5 Å². The predicted octanol–water partition coefficient (Wildman–Crippen LogP) is 2.62. The zero-order valence-corrected chi connectivity index (χ0v) is 16.4. The molecule has 0 aliphatic rings. The zero-order valence-electron chi connectivity index (χ0n) is 14.8. The Hall–Kier alpha value is -2.87. The standard InChI is InChI=1S/C19H18BrNO6/c1-25-16-8-7-12(9-17(16)26-2)19(24)21-10-18(23)27-11-15(22)13-5-3-4-6-14(13)20/h3-9H,10-11H2,1-2H3,(H,21,24). The molecule has 0 unspecified atom stereocenters. The van der Waals surface area contributed by atoms with E-state index in [1.54, 1.807) is 36.4 Å². The highest BCUT2D eigenvalue weighted by Crippen LogP contribution is 2.27. The van der Waals surface area contributed by atoms with Crippen molar-refractivity contribution in [2.45, 2.75) is 0 Å². The van der Waals surface area contributed by atoms with Gasteiger partial charge in [-0.25, -0.2) is 0 Å². The molecule has 0 aliphatic heterocycles. The highest BCUT2D eigenvalue weighted by Gasteiger charge is 2.15. The number of ketones is 1. The van der Waals surface area contributed by atoms with Crippen LogP contribution in [0.3, 0.4) is 0 Å². The molecule has 1 N–H and O–H groups in total. The van der Waals surface area contributed by atoms with E-state index in [0.717, 1.165) is 0 Å². The fourth-order valence-corrected chi connectivity index (χ4v) is 2.70. The molecule has 0 radical (unpaired) electrons. The number of carbonyl (C=O) groups is 3. The quantitative estimate of drug-likeness (QED) is 0.506. The molecule has 8 heteroatoms. The fraction of sp³-hybridized carbons (Fsp3) is 0.211. The molecule has 0 heterocycles. The molecule has 0 saturated heterocycles. The molecule has 27 heavy (non-hydrogen) atoms. The molecule has 0 bridgehead atoms. The summed E-state index contributed by atoms with van der Waals surface area (Å²) in [7, 11) is 2.95. The van der Waals surface area contributed by atoms with Crippen LogP contribution in [0.2, 0.25) is 0 Å². The first-order valence-electron chi connectivity index (χ1n) is 7.89. The van der Waals surface area contributed by atoms with Gasteiger partial charge in [0.05, 0.1) is 14.2 Å². The summed E-state index contributed by atoms with van der Waals surface area (Å²) < 4.78 is 15.8. The highest BCUT2D eigenvalue weighted by molar-refractivity contribution is 9.10. The smallest absolute Gasteiger partial charge is 0.325 e. The van der Waals surface area contributed by atoms with E-state index in [1.807, 2.05) is 0 Å². The summed E-state index contributed by atoms with van der Waals surface area (Å²) in [6.07, 6.45) is 0. The van der Waals surface area contributed by atoms with Crippen molar-refractivity contribution in [1.29, 1.82) is 0 Å². The van der Waals surface area contributed by atoms with Crippen LogP contribution >= 0.6 is 15.9 Å². The Morgan fingerprint density at radius 2 is 1.70 bits per heavy atom. The van der Waals surface area contributed by atoms with E-state index in [1.165, 1.54) is 20.3 Å². The van der Waals surface area contributed by atoms with Crippen LogP contribution in [-0.4, -0.2) is 45.0 Å². The van der Waals surface area contributed by atoms with E-state index in [0.29, 0.717) is 27.1 Å². The van der Waals surface area contributed by atoms with Gasteiger partial charge in [0.15, 0.2) is 18.1 Å². The van der Waals surface area contributed by atoms with E-state index in [2.05, 4.69) is 21.2 Å². The molecule has 0 aromatic heterocycles. The Kier molecular flexibility index (Phi) is 7.36. The minimum atomic E-state index is -0.718. The average molecular weight is 436 g/mol. The third-order valence-corrected chi connectivity index (χ3v) is 4.27. The molecule has 7 nitrogen and oxygen atoms in total. The molecule has 1 amide bonds. The second kappa shape index (κ2) is 9.72. The summed E-state index contributed by atoms with van der Waals surface area (Å²) in [6, 6.07) is 11.5. The van der Waals surface area contributed by atoms with Gasteiger partial charge >= 0.3 is 5.97 Å². The van der Waals surface area contributed by atoms with E-state index in [4.69, 9.17) is 14.2 Å². The van der Waals surface area contributed by atoms with Crippen molar-refractivity contribution in [2.75, 3.05) is 27.4 Å². The van der Waals surface area contributed by atoms with Gasteiger partial charge in [0.25, 0.3) is 5.91 Å².